The van der Waals surface area contributed by atoms with Gasteiger partial charge < -0.3 is 23.9 Å². The summed E-state index contributed by atoms with van der Waals surface area (Å²) in [7, 11) is 0. The monoisotopic (exact) mass is 583 g/mol. The van der Waals surface area contributed by atoms with Crippen LogP contribution in [0.15, 0.2) is 57.0 Å². The lowest BCUT2D eigenvalue weighted by Crippen LogP contribution is -2.49. The SMILES string of the molecule is O=C(O)c1cn(C2CC2)c2cc(N3CCN(C(=O)CSc4nnc(-c5ccc(Cl)cc5)o4)CC3)c(F)cc2c1=O. The van der Waals surface area contributed by atoms with Crippen LogP contribution < -0.4 is 10.3 Å². The Morgan fingerprint density at radius 3 is 2.50 bits per heavy atom. The summed E-state index contributed by atoms with van der Waals surface area (Å²) in [5.74, 6) is -1.57. The normalized spacial score (nSPS) is 15.6. The predicted octanol–water partition coefficient (Wildman–Crippen LogP) is 4.32. The van der Waals surface area contributed by atoms with Crippen molar-refractivity contribution in [1.29, 1.82) is 0 Å². The summed E-state index contributed by atoms with van der Waals surface area (Å²) in [5, 5.41) is 18.4. The van der Waals surface area contributed by atoms with Crippen LogP contribution in [-0.4, -0.2) is 68.6 Å². The number of carboxylic acid groups (broad SMARTS) is 1. The lowest BCUT2D eigenvalue weighted by atomic mass is 10.1. The summed E-state index contributed by atoms with van der Waals surface area (Å²) < 4.78 is 22.6. The molecule has 1 amide bonds. The van der Waals surface area contributed by atoms with E-state index in [9.17, 15) is 19.5 Å². The number of carbonyl (C=O) groups is 2. The van der Waals surface area contributed by atoms with E-state index >= 15 is 4.39 Å². The Kier molecular flexibility index (Phi) is 6.97. The Morgan fingerprint density at radius 1 is 1.10 bits per heavy atom. The number of pyridine rings is 1. The molecule has 40 heavy (non-hydrogen) atoms. The minimum absolute atomic E-state index is 0.0548. The molecule has 1 saturated heterocycles. The van der Waals surface area contributed by atoms with Crippen molar-refractivity contribution in [2.45, 2.75) is 24.1 Å². The van der Waals surface area contributed by atoms with E-state index in [2.05, 4.69) is 10.2 Å². The van der Waals surface area contributed by atoms with E-state index in [1.165, 1.54) is 6.20 Å². The van der Waals surface area contributed by atoms with Crippen molar-refractivity contribution >= 4 is 51.8 Å². The first-order valence-electron chi connectivity index (χ1n) is 12.6. The molecule has 13 heteroatoms. The summed E-state index contributed by atoms with van der Waals surface area (Å²) in [4.78, 5) is 40.7. The fourth-order valence-electron chi connectivity index (χ4n) is 4.80. The molecule has 4 aromatic rings. The third kappa shape index (κ3) is 5.16. The number of halogens is 2. The lowest BCUT2D eigenvalue weighted by molar-refractivity contribution is -0.128. The number of nitrogens with zero attached hydrogens (tertiary/aromatic N) is 5. The molecule has 0 radical (unpaired) electrons. The van der Waals surface area contributed by atoms with Gasteiger partial charge in [0.25, 0.3) is 5.22 Å². The fourth-order valence-corrected chi connectivity index (χ4v) is 5.59. The number of fused-ring (bicyclic) bond motifs is 1. The van der Waals surface area contributed by atoms with Crippen LogP contribution in [0, 0.1) is 5.82 Å². The van der Waals surface area contributed by atoms with Gasteiger partial charge in [-0.3, -0.25) is 9.59 Å². The number of carboxylic acids is 1. The van der Waals surface area contributed by atoms with Gasteiger partial charge >= 0.3 is 5.97 Å². The first-order chi connectivity index (χ1) is 19.3. The number of piperazine rings is 1. The topological polar surface area (TPSA) is 122 Å². The van der Waals surface area contributed by atoms with Crippen LogP contribution in [0.2, 0.25) is 5.02 Å². The Morgan fingerprint density at radius 2 is 1.82 bits per heavy atom. The molecule has 1 saturated carbocycles. The number of thioether (sulfide) groups is 1. The van der Waals surface area contributed by atoms with Crippen molar-refractivity contribution in [2.24, 2.45) is 0 Å². The van der Waals surface area contributed by atoms with Gasteiger partial charge in [-0.2, -0.15) is 0 Å². The van der Waals surface area contributed by atoms with Crippen LogP contribution in [0.4, 0.5) is 10.1 Å². The molecule has 3 heterocycles. The van der Waals surface area contributed by atoms with Gasteiger partial charge in [0.2, 0.25) is 17.2 Å². The standard InChI is InChI=1S/C27H23ClFN5O5S/c28-16-3-1-15(2-4-16)25-30-31-27(39-25)40-14-23(35)33-9-7-32(8-10-33)22-12-21-18(11-20(22)29)24(36)19(26(37)38)13-34(21)17-5-6-17/h1-4,11-13,17H,5-10,14H2,(H,37,38). The molecule has 2 aromatic carbocycles. The van der Waals surface area contributed by atoms with Crippen molar-refractivity contribution in [3.63, 3.8) is 0 Å². The number of anilines is 1. The Labute approximate surface area is 236 Å². The molecule has 1 N–H and O–H groups in total. The van der Waals surface area contributed by atoms with Gasteiger partial charge in [0.15, 0.2) is 0 Å². The molecule has 1 aliphatic heterocycles. The highest BCUT2D eigenvalue weighted by Gasteiger charge is 2.29. The summed E-state index contributed by atoms with van der Waals surface area (Å²) in [5.41, 5.74) is 0.508. The van der Waals surface area contributed by atoms with E-state index in [1.807, 2.05) is 4.90 Å². The zero-order chi connectivity index (χ0) is 28.0. The largest absolute Gasteiger partial charge is 0.477 e. The molecule has 0 spiro atoms. The lowest BCUT2D eigenvalue weighted by Gasteiger charge is -2.36. The zero-order valence-corrected chi connectivity index (χ0v) is 22.6. The molecule has 2 fully saturated rings. The molecular formula is C27H23ClFN5O5S. The molecule has 10 nitrogen and oxygen atoms in total. The van der Waals surface area contributed by atoms with Crippen molar-refractivity contribution in [3.8, 4) is 11.5 Å². The second-order valence-electron chi connectivity index (χ2n) is 9.67. The van der Waals surface area contributed by atoms with Crippen LogP contribution in [0.3, 0.4) is 0 Å². The molecule has 0 unspecified atom stereocenters. The average molecular weight is 584 g/mol. The third-order valence-corrected chi connectivity index (χ3v) is 8.12. The number of amides is 1. The van der Waals surface area contributed by atoms with Gasteiger partial charge in [-0.1, -0.05) is 23.4 Å². The molecular weight excluding hydrogens is 561 g/mol. The average Bonchev–Trinajstić information content (AvgIpc) is 3.69. The zero-order valence-electron chi connectivity index (χ0n) is 21.0. The van der Waals surface area contributed by atoms with Crippen LogP contribution >= 0.6 is 23.4 Å². The predicted molar refractivity (Wildman–Crippen MR) is 148 cm³/mol. The minimum atomic E-state index is -1.33. The molecule has 206 valence electrons. The van der Waals surface area contributed by atoms with E-state index in [-0.39, 0.29) is 33.9 Å². The van der Waals surface area contributed by atoms with E-state index in [0.717, 1.165) is 36.2 Å². The Bertz CT molecular complexity index is 1680. The van der Waals surface area contributed by atoms with Gasteiger partial charge in [0, 0.05) is 54.4 Å². The number of aromatic nitrogens is 3. The maximum atomic E-state index is 15.2. The molecule has 6 rings (SSSR count). The van der Waals surface area contributed by atoms with Gasteiger partial charge in [-0.25, -0.2) is 9.18 Å². The second-order valence-corrected chi connectivity index (χ2v) is 11.0. The Hall–Kier alpha value is -3.90. The van der Waals surface area contributed by atoms with Crippen LogP contribution in [0.25, 0.3) is 22.4 Å². The van der Waals surface area contributed by atoms with E-state index in [0.29, 0.717) is 48.3 Å². The molecule has 0 bridgehead atoms. The van der Waals surface area contributed by atoms with Gasteiger partial charge in [-0.05, 0) is 49.2 Å². The molecule has 0 atom stereocenters. The third-order valence-electron chi connectivity index (χ3n) is 7.06. The summed E-state index contributed by atoms with van der Waals surface area (Å²) in [6.07, 6.45) is 3.10. The number of hydrogen-bond donors (Lipinski definition) is 1. The van der Waals surface area contributed by atoms with Gasteiger partial charge in [-0.15, -0.1) is 10.2 Å². The molecule has 1 aliphatic carbocycles. The van der Waals surface area contributed by atoms with Crippen LogP contribution in [0.1, 0.15) is 29.2 Å². The molecule has 2 aromatic heterocycles. The van der Waals surface area contributed by atoms with E-state index < -0.39 is 17.2 Å². The number of rotatable bonds is 7. The minimum Gasteiger partial charge on any atom is -0.477 e. The highest BCUT2D eigenvalue weighted by Crippen LogP contribution is 2.38. The molecule has 2 aliphatic rings. The highest BCUT2D eigenvalue weighted by molar-refractivity contribution is 7.99. The maximum Gasteiger partial charge on any atom is 0.341 e. The highest BCUT2D eigenvalue weighted by atomic mass is 35.5. The first kappa shape index (κ1) is 26.3. The van der Waals surface area contributed by atoms with Gasteiger partial charge in [0.05, 0.1) is 17.0 Å². The van der Waals surface area contributed by atoms with Crippen molar-refractivity contribution in [1.82, 2.24) is 19.7 Å². The van der Waals surface area contributed by atoms with Crippen molar-refractivity contribution < 1.29 is 23.5 Å². The summed E-state index contributed by atoms with van der Waals surface area (Å²) in [6, 6.07) is 9.83. The van der Waals surface area contributed by atoms with Crippen molar-refractivity contribution in [3.05, 3.63) is 69.2 Å². The number of aromatic carboxylic acids is 1. The second kappa shape index (κ2) is 10.6. The number of benzene rings is 2. The summed E-state index contributed by atoms with van der Waals surface area (Å²) in [6.45, 7) is 1.59. The smallest absolute Gasteiger partial charge is 0.341 e. The number of hydrogen-bond acceptors (Lipinski definition) is 8. The van der Waals surface area contributed by atoms with Crippen LogP contribution in [0.5, 0.6) is 0 Å². The number of carbonyl (C=O) groups excluding carboxylic acids is 1. The van der Waals surface area contributed by atoms with E-state index in [4.69, 9.17) is 16.0 Å². The summed E-state index contributed by atoms with van der Waals surface area (Å²) >= 11 is 7.06. The Balaban J connectivity index is 1.12. The maximum absolute atomic E-state index is 15.2. The van der Waals surface area contributed by atoms with Crippen LogP contribution in [-0.2, 0) is 4.79 Å². The fraction of sp³-hybridized carbons (Fsp3) is 0.296. The van der Waals surface area contributed by atoms with E-state index in [1.54, 1.807) is 39.8 Å². The van der Waals surface area contributed by atoms with Crippen molar-refractivity contribution in [2.75, 3.05) is 36.8 Å². The van der Waals surface area contributed by atoms with Gasteiger partial charge in [0.1, 0.15) is 11.4 Å². The first-order valence-corrected chi connectivity index (χ1v) is 14.0. The quantitative estimate of drug-likeness (QED) is 0.317.